The number of amides is 5. The molecule has 0 aliphatic carbocycles. The van der Waals surface area contributed by atoms with E-state index in [4.69, 9.17) is 0 Å². The van der Waals surface area contributed by atoms with Crippen LogP contribution in [0.3, 0.4) is 0 Å². The summed E-state index contributed by atoms with van der Waals surface area (Å²) in [7, 11) is -2.39. The van der Waals surface area contributed by atoms with Crippen LogP contribution in [-0.4, -0.2) is 98.0 Å². The molecular formula is C39H64N6O7S. The molecule has 1 aliphatic heterocycles. The van der Waals surface area contributed by atoms with E-state index in [1.807, 2.05) is 69.2 Å². The highest BCUT2D eigenvalue weighted by atomic mass is 32.2. The Morgan fingerprint density at radius 3 is 2.09 bits per heavy atom. The average Bonchev–Trinajstić information content (AvgIpc) is 3.52. The summed E-state index contributed by atoms with van der Waals surface area (Å²) in [5.74, 6) is -2.79. The van der Waals surface area contributed by atoms with Gasteiger partial charge in [0.25, 0.3) is 5.91 Å². The van der Waals surface area contributed by atoms with Crippen LogP contribution < -0.4 is 21.3 Å². The van der Waals surface area contributed by atoms with Crippen LogP contribution >= 0.6 is 0 Å². The molecule has 13 nitrogen and oxygen atoms in total. The fourth-order valence-corrected chi connectivity index (χ4v) is 7.55. The number of rotatable bonds is 17. The molecule has 2 rings (SSSR count). The monoisotopic (exact) mass is 760 g/mol. The first-order valence-electron chi connectivity index (χ1n) is 18.6. The molecule has 0 spiro atoms. The summed E-state index contributed by atoms with van der Waals surface area (Å²) in [4.78, 5) is 69.6. The van der Waals surface area contributed by atoms with Crippen LogP contribution in [0.2, 0.25) is 0 Å². The third-order valence-electron chi connectivity index (χ3n) is 9.87. The highest BCUT2D eigenvalue weighted by Gasteiger charge is 2.48. The van der Waals surface area contributed by atoms with Gasteiger partial charge in [-0.05, 0) is 54.6 Å². The number of urea groups is 1. The van der Waals surface area contributed by atoms with E-state index in [1.54, 1.807) is 24.3 Å². The molecule has 298 valence electrons. The minimum absolute atomic E-state index is 0.00861. The number of likely N-dealkylation sites (N-methyl/N-ethyl adjacent to an activating group) is 1. The van der Waals surface area contributed by atoms with E-state index in [9.17, 15) is 32.4 Å². The quantitative estimate of drug-likeness (QED) is 0.136. The van der Waals surface area contributed by atoms with E-state index in [0.717, 1.165) is 12.0 Å². The van der Waals surface area contributed by atoms with Crippen molar-refractivity contribution < 1.29 is 32.4 Å². The van der Waals surface area contributed by atoms with Gasteiger partial charge in [0, 0.05) is 32.7 Å². The number of nitrogens with zero attached hydrogens (tertiary/aromatic N) is 2. The molecule has 0 saturated carbocycles. The van der Waals surface area contributed by atoms with Gasteiger partial charge in [-0.3, -0.25) is 19.2 Å². The predicted molar refractivity (Wildman–Crippen MR) is 207 cm³/mol. The van der Waals surface area contributed by atoms with Gasteiger partial charge in [-0.15, -0.1) is 6.58 Å². The van der Waals surface area contributed by atoms with Crippen molar-refractivity contribution in [2.75, 3.05) is 26.7 Å². The minimum atomic E-state index is -3.86. The standard InChI is InChI=1S/C39H64N6O7S/c1-13-15-16-29(32(46)35(48)40-22-14-2)41-34(47)31-28(25(3)4)21-23-45(31)36(49)33(39(9,10)11)43-37(50)42-30(38(6,7)8)24-44(12)53(51,52)27-19-17-26(5)18-20-27/h14,17-20,25,28-31,33H,2,13,15-16,21-24H2,1,3-12H3,(H,40,48)(H,41,47)(H2,42,43,50)/t28-,29?,30-,31+,33-/m1/s1. The number of aryl methyl sites for hydroxylation is 1. The van der Waals surface area contributed by atoms with Crippen molar-refractivity contribution in [3.05, 3.63) is 42.5 Å². The van der Waals surface area contributed by atoms with Crippen molar-refractivity contribution in [1.29, 1.82) is 0 Å². The van der Waals surface area contributed by atoms with Crippen LogP contribution in [-0.2, 0) is 29.2 Å². The molecule has 0 aromatic heterocycles. The molecule has 1 fully saturated rings. The molecular weight excluding hydrogens is 697 g/mol. The number of benzene rings is 1. The molecule has 1 aromatic carbocycles. The number of nitrogens with one attached hydrogen (secondary N) is 4. The van der Waals surface area contributed by atoms with Gasteiger partial charge in [0.2, 0.25) is 27.6 Å². The molecule has 1 saturated heterocycles. The van der Waals surface area contributed by atoms with E-state index in [-0.39, 0.29) is 42.8 Å². The Morgan fingerprint density at radius 1 is 0.981 bits per heavy atom. The Bertz CT molecular complexity index is 1560. The van der Waals surface area contributed by atoms with Gasteiger partial charge in [0.15, 0.2) is 0 Å². The van der Waals surface area contributed by atoms with Crippen molar-refractivity contribution in [3.63, 3.8) is 0 Å². The van der Waals surface area contributed by atoms with Gasteiger partial charge >= 0.3 is 6.03 Å². The Hall–Kier alpha value is -3.78. The van der Waals surface area contributed by atoms with Gasteiger partial charge in [-0.2, -0.15) is 4.31 Å². The Balaban J connectivity index is 2.36. The topological polar surface area (TPSA) is 174 Å². The zero-order valence-electron chi connectivity index (χ0n) is 33.7. The van der Waals surface area contributed by atoms with Crippen LogP contribution in [0.1, 0.15) is 93.6 Å². The number of carbonyl (C=O) groups is 5. The summed E-state index contributed by atoms with van der Waals surface area (Å²) in [6.07, 6.45) is 3.59. The van der Waals surface area contributed by atoms with Gasteiger partial charge in [-0.1, -0.05) is 98.9 Å². The lowest BCUT2D eigenvalue weighted by Gasteiger charge is -2.38. The summed E-state index contributed by atoms with van der Waals surface area (Å²) < 4.78 is 28.0. The van der Waals surface area contributed by atoms with E-state index >= 15 is 0 Å². The molecule has 5 atom stereocenters. The second kappa shape index (κ2) is 19.0. The molecule has 1 aliphatic rings. The van der Waals surface area contributed by atoms with Gasteiger partial charge in [0.05, 0.1) is 10.9 Å². The first-order valence-corrected chi connectivity index (χ1v) is 20.0. The minimum Gasteiger partial charge on any atom is -0.346 e. The van der Waals surface area contributed by atoms with E-state index in [1.165, 1.54) is 22.3 Å². The van der Waals surface area contributed by atoms with Crippen LogP contribution in [0, 0.1) is 29.6 Å². The summed E-state index contributed by atoms with van der Waals surface area (Å²) >= 11 is 0. The summed E-state index contributed by atoms with van der Waals surface area (Å²) in [5, 5.41) is 11.1. The normalized spacial score (nSPS) is 18.2. The predicted octanol–water partition coefficient (Wildman–Crippen LogP) is 4.16. The Morgan fingerprint density at radius 2 is 1.58 bits per heavy atom. The van der Waals surface area contributed by atoms with E-state index in [0.29, 0.717) is 12.8 Å². The molecule has 14 heteroatoms. The van der Waals surface area contributed by atoms with Crippen molar-refractivity contribution in [3.8, 4) is 0 Å². The zero-order valence-corrected chi connectivity index (χ0v) is 34.5. The van der Waals surface area contributed by atoms with Crippen LogP contribution in [0.4, 0.5) is 4.79 Å². The lowest BCUT2D eigenvalue weighted by Crippen LogP contribution is -2.62. The highest BCUT2D eigenvalue weighted by Crippen LogP contribution is 2.34. The molecule has 1 aromatic rings. The molecule has 1 unspecified atom stereocenters. The molecule has 0 bridgehead atoms. The molecule has 1 heterocycles. The molecule has 5 amide bonds. The van der Waals surface area contributed by atoms with Gasteiger partial charge < -0.3 is 26.2 Å². The first-order chi connectivity index (χ1) is 24.5. The molecule has 53 heavy (non-hydrogen) atoms. The first kappa shape index (κ1) is 45.4. The maximum atomic E-state index is 14.5. The van der Waals surface area contributed by atoms with Gasteiger partial charge in [0.1, 0.15) is 12.1 Å². The Labute approximate surface area is 317 Å². The lowest BCUT2D eigenvalue weighted by molar-refractivity contribution is -0.144. The van der Waals surface area contributed by atoms with Crippen LogP contribution in [0.25, 0.3) is 0 Å². The number of ketones is 1. The van der Waals surface area contributed by atoms with Crippen molar-refractivity contribution in [2.45, 2.75) is 124 Å². The van der Waals surface area contributed by atoms with Crippen LogP contribution in [0.5, 0.6) is 0 Å². The van der Waals surface area contributed by atoms with Crippen molar-refractivity contribution in [2.24, 2.45) is 22.7 Å². The van der Waals surface area contributed by atoms with Gasteiger partial charge in [-0.25, -0.2) is 13.2 Å². The fraction of sp³-hybridized carbons (Fsp3) is 0.667. The van der Waals surface area contributed by atoms with Crippen molar-refractivity contribution >= 4 is 39.6 Å². The fourth-order valence-electron chi connectivity index (χ4n) is 6.37. The van der Waals surface area contributed by atoms with E-state index < -0.39 is 74.6 Å². The number of sulfonamides is 1. The number of likely N-dealkylation sites (tertiary alicyclic amines) is 1. The highest BCUT2D eigenvalue weighted by molar-refractivity contribution is 7.89. The third kappa shape index (κ3) is 12.4. The largest absolute Gasteiger partial charge is 0.346 e. The maximum Gasteiger partial charge on any atom is 0.315 e. The lowest BCUT2D eigenvalue weighted by atomic mass is 9.84. The molecule has 4 N–H and O–H groups in total. The zero-order chi connectivity index (χ0) is 40.5. The van der Waals surface area contributed by atoms with E-state index in [2.05, 4.69) is 27.8 Å². The second-order valence-corrected chi connectivity index (χ2v) is 18.7. The number of unbranched alkanes of at least 4 members (excludes halogenated alkanes) is 1. The SMILES string of the molecule is C=CCNC(=O)C(=O)C(CCCC)NC(=O)[C@@H]1[C@@H](C(C)C)CCN1C(=O)[C@@H](NC(=O)N[C@H](CN(C)S(=O)(=O)c1ccc(C)cc1)C(C)(C)C)C(C)(C)C. The number of hydrogen-bond acceptors (Lipinski definition) is 7. The summed E-state index contributed by atoms with van der Waals surface area (Å²) in [5.41, 5.74) is -0.444. The smallest absolute Gasteiger partial charge is 0.315 e. The summed E-state index contributed by atoms with van der Waals surface area (Å²) in [6.45, 7) is 22.7. The third-order valence-corrected chi connectivity index (χ3v) is 11.7. The summed E-state index contributed by atoms with van der Waals surface area (Å²) in [6, 6.07) is 2.17. The average molecular weight is 761 g/mol. The van der Waals surface area contributed by atoms with Crippen LogP contribution in [0.15, 0.2) is 41.8 Å². The second-order valence-electron chi connectivity index (χ2n) is 16.7. The number of Topliss-reactive ketones (excluding diaryl/α,β-unsaturated/α-hetero) is 1. The maximum absolute atomic E-state index is 14.5. The Kier molecular flexibility index (Phi) is 16.3. The number of hydrogen-bond donors (Lipinski definition) is 4. The number of carbonyl (C=O) groups excluding carboxylic acids is 5. The molecule has 0 radical (unpaired) electrons. The van der Waals surface area contributed by atoms with Crippen molar-refractivity contribution in [1.82, 2.24) is 30.5 Å².